The van der Waals surface area contributed by atoms with Crippen molar-refractivity contribution in [3.63, 3.8) is 0 Å². The molecule has 1 fully saturated rings. The van der Waals surface area contributed by atoms with E-state index in [1.807, 2.05) is 6.07 Å². The van der Waals surface area contributed by atoms with E-state index in [2.05, 4.69) is 21.2 Å². The standard InChI is InChI=1S/C12H15FN2S.C9H9ClN4O/c13-8-5-6-10-11(7-8)16-12(15-10)14-9-3-1-2-4-9;10-6-2-1-3-7(8(6)9(12)15)14-13-5-4-11/h5-7,9,12,14-15H,1-4H2;1-5,11,14H,(H2,12,15)/b;11-4?,13-5-. The van der Waals surface area contributed by atoms with Gasteiger partial charge in [-0.25, -0.2) is 4.39 Å². The second kappa shape index (κ2) is 11.1. The predicted molar refractivity (Wildman–Crippen MR) is 126 cm³/mol. The maximum absolute atomic E-state index is 13.0. The van der Waals surface area contributed by atoms with Crippen molar-refractivity contribution in [2.45, 2.75) is 42.1 Å². The maximum Gasteiger partial charge on any atom is 0.252 e. The van der Waals surface area contributed by atoms with Crippen molar-refractivity contribution in [1.82, 2.24) is 5.32 Å². The summed E-state index contributed by atoms with van der Waals surface area (Å²) in [5.74, 6) is -0.789. The van der Waals surface area contributed by atoms with E-state index in [9.17, 15) is 9.18 Å². The molecule has 1 unspecified atom stereocenters. The molecule has 1 atom stereocenters. The Labute approximate surface area is 189 Å². The summed E-state index contributed by atoms with van der Waals surface area (Å²) in [6.45, 7) is 0. The van der Waals surface area contributed by atoms with Crippen LogP contribution in [-0.2, 0) is 0 Å². The maximum atomic E-state index is 13.0. The van der Waals surface area contributed by atoms with E-state index >= 15 is 0 Å². The van der Waals surface area contributed by atoms with E-state index < -0.39 is 5.91 Å². The minimum atomic E-state index is -0.631. The molecule has 2 aliphatic rings. The number of nitrogens with one attached hydrogen (secondary N) is 4. The summed E-state index contributed by atoms with van der Waals surface area (Å²) in [5.41, 5.74) is 9.57. The first-order chi connectivity index (χ1) is 15.0. The van der Waals surface area contributed by atoms with Crippen molar-refractivity contribution in [2.24, 2.45) is 10.8 Å². The number of anilines is 2. The van der Waals surface area contributed by atoms with Crippen molar-refractivity contribution in [1.29, 1.82) is 5.41 Å². The highest BCUT2D eigenvalue weighted by molar-refractivity contribution is 8.00. The predicted octanol–water partition coefficient (Wildman–Crippen LogP) is 4.65. The number of nitrogens with two attached hydrogens (primary N) is 1. The highest BCUT2D eigenvalue weighted by Crippen LogP contribution is 2.38. The Bertz CT molecular complexity index is 967. The number of fused-ring (bicyclic) bond motifs is 1. The Balaban J connectivity index is 0.000000176. The van der Waals surface area contributed by atoms with E-state index in [1.165, 1.54) is 38.0 Å². The largest absolute Gasteiger partial charge is 0.365 e. The third-order valence-electron chi connectivity index (χ3n) is 4.81. The Morgan fingerprint density at radius 3 is 2.81 bits per heavy atom. The van der Waals surface area contributed by atoms with Crippen LogP contribution in [-0.4, -0.2) is 29.9 Å². The van der Waals surface area contributed by atoms with E-state index in [0.29, 0.717) is 11.7 Å². The van der Waals surface area contributed by atoms with Crippen molar-refractivity contribution in [3.05, 3.63) is 52.8 Å². The zero-order valence-electron chi connectivity index (χ0n) is 16.7. The molecule has 6 N–H and O–H groups in total. The number of carbonyl (C=O) groups is 1. The third kappa shape index (κ3) is 6.43. The quantitative estimate of drug-likeness (QED) is 0.316. The summed E-state index contributed by atoms with van der Waals surface area (Å²) < 4.78 is 13.0. The van der Waals surface area contributed by atoms with Crippen molar-refractivity contribution in [2.75, 3.05) is 10.7 Å². The molecule has 164 valence electrons. The number of primary amides is 1. The van der Waals surface area contributed by atoms with Crippen molar-refractivity contribution < 1.29 is 9.18 Å². The molecule has 2 aromatic rings. The van der Waals surface area contributed by atoms with Crippen LogP contribution in [0.15, 0.2) is 46.4 Å². The number of benzene rings is 2. The molecule has 1 amide bonds. The first-order valence-electron chi connectivity index (χ1n) is 9.83. The zero-order chi connectivity index (χ0) is 22.2. The lowest BCUT2D eigenvalue weighted by Gasteiger charge is -2.18. The fraction of sp³-hybridized carbons (Fsp3) is 0.286. The number of hydrazone groups is 1. The lowest BCUT2D eigenvalue weighted by Crippen LogP contribution is -2.37. The van der Waals surface area contributed by atoms with E-state index in [4.69, 9.17) is 22.7 Å². The average Bonchev–Trinajstić information content (AvgIpc) is 3.37. The Kier molecular flexibility index (Phi) is 8.27. The fourth-order valence-corrected chi connectivity index (χ4v) is 4.81. The van der Waals surface area contributed by atoms with E-state index in [0.717, 1.165) is 16.8 Å². The molecule has 10 heteroatoms. The number of amides is 1. The highest BCUT2D eigenvalue weighted by atomic mass is 35.5. The van der Waals surface area contributed by atoms with Gasteiger partial charge in [0.15, 0.2) is 0 Å². The second-order valence-corrected chi connectivity index (χ2v) is 8.57. The van der Waals surface area contributed by atoms with Crippen LogP contribution in [0.25, 0.3) is 0 Å². The summed E-state index contributed by atoms with van der Waals surface area (Å²) in [7, 11) is 0. The highest BCUT2D eigenvalue weighted by Gasteiger charge is 2.25. The number of halogens is 2. The molecule has 0 spiro atoms. The fourth-order valence-electron chi connectivity index (χ4n) is 3.40. The van der Waals surface area contributed by atoms with Gasteiger partial charge in [-0.05, 0) is 43.2 Å². The van der Waals surface area contributed by atoms with Crippen LogP contribution in [0.5, 0.6) is 0 Å². The molecular weight excluding hydrogens is 439 g/mol. The summed E-state index contributed by atoms with van der Waals surface area (Å²) in [6, 6.07) is 10.4. The molecule has 4 rings (SSSR count). The molecule has 0 saturated heterocycles. The number of thioether (sulfide) groups is 1. The van der Waals surface area contributed by atoms with Crippen LogP contribution < -0.4 is 21.8 Å². The molecule has 7 nitrogen and oxygen atoms in total. The number of rotatable bonds is 6. The van der Waals surface area contributed by atoms with Gasteiger partial charge >= 0.3 is 0 Å². The molecule has 1 aliphatic carbocycles. The van der Waals surface area contributed by atoms with Crippen molar-refractivity contribution in [3.8, 4) is 0 Å². The lowest BCUT2D eigenvalue weighted by atomic mass is 10.2. The molecular formula is C21H24ClFN6OS. The van der Waals surface area contributed by atoms with Crippen molar-refractivity contribution >= 4 is 53.1 Å². The van der Waals surface area contributed by atoms with Gasteiger partial charge in [-0.2, -0.15) is 5.10 Å². The van der Waals surface area contributed by atoms with E-state index in [1.54, 1.807) is 36.0 Å². The Morgan fingerprint density at radius 2 is 2.10 bits per heavy atom. The van der Waals surface area contributed by atoms with Crippen LogP contribution in [0.1, 0.15) is 36.0 Å². The Hall–Kier alpha value is -2.62. The summed E-state index contributed by atoms with van der Waals surface area (Å²) >= 11 is 7.47. The first kappa shape index (κ1) is 23.1. The third-order valence-corrected chi connectivity index (χ3v) is 6.21. The normalized spacial score (nSPS) is 17.5. The smallest absolute Gasteiger partial charge is 0.252 e. The first-order valence-corrected chi connectivity index (χ1v) is 11.1. The topological polar surface area (TPSA) is 115 Å². The number of carbonyl (C=O) groups excluding carboxylic acids is 1. The van der Waals surface area contributed by atoms with Crippen LogP contribution in [0.3, 0.4) is 0 Å². The number of nitrogens with zero attached hydrogens (tertiary/aromatic N) is 1. The van der Waals surface area contributed by atoms with Gasteiger partial charge in [0.25, 0.3) is 5.91 Å². The SMILES string of the molecule is Fc1ccc2c(c1)SC(NC1CCCC1)N2.N=C/C=N\Nc1cccc(Cl)c1C(N)=O. The van der Waals surface area contributed by atoms with Crippen LogP contribution >= 0.6 is 23.4 Å². The average molecular weight is 463 g/mol. The van der Waals surface area contributed by atoms with Gasteiger partial charge < -0.3 is 16.5 Å². The molecule has 1 aliphatic heterocycles. The second-order valence-electron chi connectivity index (χ2n) is 7.01. The number of hydrogen-bond acceptors (Lipinski definition) is 7. The van der Waals surface area contributed by atoms with Gasteiger partial charge in [0.2, 0.25) is 0 Å². The zero-order valence-corrected chi connectivity index (χ0v) is 18.3. The summed E-state index contributed by atoms with van der Waals surface area (Å²) in [6.07, 6.45) is 7.42. The molecule has 1 saturated carbocycles. The van der Waals surface area contributed by atoms with E-state index in [-0.39, 0.29) is 21.9 Å². The molecule has 1 heterocycles. The minimum Gasteiger partial charge on any atom is -0.365 e. The Morgan fingerprint density at radius 1 is 1.32 bits per heavy atom. The van der Waals surface area contributed by atoms with Crippen LogP contribution in [0, 0.1) is 11.2 Å². The molecule has 2 aromatic carbocycles. The number of hydrogen-bond donors (Lipinski definition) is 5. The molecule has 31 heavy (non-hydrogen) atoms. The summed E-state index contributed by atoms with van der Waals surface area (Å²) in [5, 5.41) is 17.6. The monoisotopic (exact) mass is 462 g/mol. The van der Waals surface area contributed by atoms with Gasteiger partial charge in [-0.3, -0.25) is 15.5 Å². The minimum absolute atomic E-state index is 0.158. The lowest BCUT2D eigenvalue weighted by molar-refractivity contribution is 0.100. The van der Waals surface area contributed by atoms with Crippen LogP contribution in [0.2, 0.25) is 5.02 Å². The van der Waals surface area contributed by atoms with Crippen LogP contribution in [0.4, 0.5) is 15.8 Å². The molecule has 0 radical (unpaired) electrons. The van der Waals surface area contributed by atoms with Gasteiger partial charge in [0.05, 0.1) is 22.5 Å². The van der Waals surface area contributed by atoms with Gasteiger partial charge in [-0.15, -0.1) is 0 Å². The van der Waals surface area contributed by atoms with Gasteiger partial charge in [0, 0.05) is 22.8 Å². The molecule has 0 bridgehead atoms. The van der Waals surface area contributed by atoms with Gasteiger partial charge in [-0.1, -0.05) is 42.3 Å². The molecule has 0 aromatic heterocycles. The summed E-state index contributed by atoms with van der Waals surface area (Å²) in [4.78, 5) is 12.1. The van der Waals surface area contributed by atoms with Gasteiger partial charge in [0.1, 0.15) is 11.3 Å².